The summed E-state index contributed by atoms with van der Waals surface area (Å²) < 4.78 is 5.32. The highest BCUT2D eigenvalue weighted by atomic mass is 16.5. The first-order valence-electron chi connectivity index (χ1n) is 18.3. The first-order valence-corrected chi connectivity index (χ1v) is 18.3. The molecule has 0 saturated heterocycles. The summed E-state index contributed by atoms with van der Waals surface area (Å²) in [6, 6.07) is 0. The van der Waals surface area contributed by atoms with Crippen LogP contribution in [0.2, 0.25) is 0 Å². The van der Waals surface area contributed by atoms with E-state index in [1.54, 1.807) is 18.3 Å². The predicted octanol–water partition coefficient (Wildman–Crippen LogP) is 13.4. The number of rotatable bonds is 27. The van der Waals surface area contributed by atoms with E-state index in [1.165, 1.54) is 108 Å². The van der Waals surface area contributed by atoms with E-state index >= 15 is 0 Å². The topological polar surface area (TPSA) is 26.3 Å². The molecule has 252 valence electrons. The number of methoxy groups -OCH3 is 1. The predicted molar refractivity (Wildman–Crippen MR) is 193 cm³/mol. The maximum Gasteiger partial charge on any atom is 0.164 e. The van der Waals surface area contributed by atoms with Crippen molar-refractivity contribution in [3.63, 3.8) is 0 Å². The lowest BCUT2D eigenvalue weighted by atomic mass is 9.89. The number of allylic oxidation sites excluding steroid dienone is 6. The molecule has 0 fully saturated rings. The Bertz CT molecular complexity index is 795. The Morgan fingerprint density at radius 1 is 0.558 bits per heavy atom. The number of ether oxygens (including phenoxy) is 1. The lowest BCUT2D eigenvalue weighted by Crippen LogP contribution is -2.33. The van der Waals surface area contributed by atoms with Crippen LogP contribution in [0.25, 0.3) is 0 Å². The van der Waals surface area contributed by atoms with Gasteiger partial charge in [0.2, 0.25) is 0 Å². The van der Waals surface area contributed by atoms with Crippen LogP contribution in [0.3, 0.4) is 0 Å². The van der Waals surface area contributed by atoms with Gasteiger partial charge in [0.15, 0.2) is 5.78 Å². The first kappa shape index (κ1) is 41.9. The number of Topliss-reactive ketones (excluding diaryl/α,β-unsaturated/α-hetero) is 1. The SMILES string of the molecule is COC(C)(C)C(=O)CCC(C)CCCC(C)CCCC(C)CCCC/C(C)=C/CC[C@H](C)CC/C=C(\C)CCC=C(C)C. The maximum absolute atomic E-state index is 12.3. The van der Waals surface area contributed by atoms with E-state index in [0.717, 1.165) is 24.2 Å². The third-order valence-corrected chi connectivity index (χ3v) is 9.75. The second-order valence-electron chi connectivity index (χ2n) is 15.3. The molecule has 0 saturated carbocycles. The molecular weight excluding hydrogens is 524 g/mol. The minimum Gasteiger partial charge on any atom is -0.371 e. The van der Waals surface area contributed by atoms with Crippen LogP contribution in [-0.4, -0.2) is 18.5 Å². The normalized spacial score (nSPS) is 15.7. The summed E-state index contributed by atoms with van der Waals surface area (Å²) in [5, 5.41) is 0. The van der Waals surface area contributed by atoms with Crippen molar-refractivity contribution < 1.29 is 9.53 Å². The van der Waals surface area contributed by atoms with Crippen molar-refractivity contribution in [3.05, 3.63) is 34.9 Å². The quantitative estimate of drug-likeness (QED) is 0.0692. The van der Waals surface area contributed by atoms with Crippen LogP contribution >= 0.6 is 0 Å². The Hall–Kier alpha value is -1.15. The smallest absolute Gasteiger partial charge is 0.164 e. The summed E-state index contributed by atoms with van der Waals surface area (Å²) in [7, 11) is 1.63. The molecule has 4 atom stereocenters. The van der Waals surface area contributed by atoms with Crippen LogP contribution in [-0.2, 0) is 9.53 Å². The zero-order chi connectivity index (χ0) is 32.7. The van der Waals surface area contributed by atoms with Crippen molar-refractivity contribution in [3.8, 4) is 0 Å². The monoisotopic (exact) mass is 601 g/mol. The number of carbonyl (C=O) groups is 1. The Balaban J connectivity index is 3.86. The van der Waals surface area contributed by atoms with Gasteiger partial charge in [-0.25, -0.2) is 0 Å². The van der Waals surface area contributed by atoms with Crippen molar-refractivity contribution in [1.82, 2.24) is 0 Å². The van der Waals surface area contributed by atoms with Crippen LogP contribution in [0, 0.1) is 23.7 Å². The van der Waals surface area contributed by atoms with Gasteiger partial charge in [-0.3, -0.25) is 4.79 Å². The highest BCUT2D eigenvalue weighted by Crippen LogP contribution is 2.24. The molecule has 0 aliphatic heterocycles. The first-order chi connectivity index (χ1) is 20.3. The summed E-state index contributed by atoms with van der Waals surface area (Å²) in [5.74, 6) is 3.34. The highest BCUT2D eigenvalue weighted by molar-refractivity contribution is 5.86. The van der Waals surface area contributed by atoms with Gasteiger partial charge in [-0.1, -0.05) is 114 Å². The molecule has 0 N–H and O–H groups in total. The molecule has 0 spiro atoms. The van der Waals surface area contributed by atoms with Crippen LogP contribution in [0.1, 0.15) is 185 Å². The summed E-state index contributed by atoms with van der Waals surface area (Å²) in [5.41, 5.74) is 3.95. The van der Waals surface area contributed by atoms with Crippen LogP contribution in [0.4, 0.5) is 0 Å². The molecule has 2 heteroatoms. The van der Waals surface area contributed by atoms with Gasteiger partial charge in [0.25, 0.3) is 0 Å². The van der Waals surface area contributed by atoms with E-state index in [2.05, 4.69) is 73.6 Å². The van der Waals surface area contributed by atoms with Gasteiger partial charge in [-0.15, -0.1) is 0 Å². The third-order valence-electron chi connectivity index (χ3n) is 9.75. The molecule has 0 heterocycles. The van der Waals surface area contributed by atoms with E-state index in [-0.39, 0.29) is 5.78 Å². The summed E-state index contributed by atoms with van der Waals surface area (Å²) in [4.78, 5) is 12.3. The molecule has 0 rings (SSSR count). The van der Waals surface area contributed by atoms with E-state index in [1.807, 2.05) is 13.8 Å². The standard InChI is InChI=1S/C41H76O2/c1-33(2)19-14-22-36(5)25-17-28-37(6)26-15-23-34(3)20-12-13-21-35(4)24-16-27-38(7)29-18-30-39(8)31-32-40(42)41(9,10)43-11/h19,23,25,35,37-39H,12-18,20-22,24,26-32H2,1-11H3/b34-23+,36-25+/t35?,37-,38?,39?/m0/s1. The zero-order valence-electron chi connectivity index (χ0n) is 31.1. The zero-order valence-corrected chi connectivity index (χ0v) is 31.1. The van der Waals surface area contributed by atoms with Gasteiger partial charge >= 0.3 is 0 Å². The van der Waals surface area contributed by atoms with E-state index < -0.39 is 5.60 Å². The van der Waals surface area contributed by atoms with Gasteiger partial charge in [0.05, 0.1) is 0 Å². The number of hydrogen-bond acceptors (Lipinski definition) is 2. The molecule has 0 radical (unpaired) electrons. The van der Waals surface area contributed by atoms with Crippen LogP contribution in [0.5, 0.6) is 0 Å². The number of unbranched alkanes of at least 4 members (excludes halogenated alkanes) is 1. The van der Waals surface area contributed by atoms with Gasteiger partial charge < -0.3 is 4.74 Å². The van der Waals surface area contributed by atoms with Crippen molar-refractivity contribution in [2.75, 3.05) is 7.11 Å². The molecule has 0 aromatic heterocycles. The van der Waals surface area contributed by atoms with Crippen molar-refractivity contribution >= 4 is 5.78 Å². The molecule has 0 amide bonds. The minimum atomic E-state index is -0.636. The van der Waals surface area contributed by atoms with Gasteiger partial charge in [0, 0.05) is 13.5 Å². The lowest BCUT2D eigenvalue weighted by Gasteiger charge is -2.22. The fraction of sp³-hybridized carbons (Fsp3) is 0.829. The summed E-state index contributed by atoms with van der Waals surface area (Å²) in [6.45, 7) is 22.4. The lowest BCUT2D eigenvalue weighted by molar-refractivity contribution is -0.137. The van der Waals surface area contributed by atoms with Gasteiger partial charge in [-0.2, -0.15) is 0 Å². The third kappa shape index (κ3) is 24.8. The number of hydrogen-bond donors (Lipinski definition) is 0. The van der Waals surface area contributed by atoms with Crippen molar-refractivity contribution in [1.29, 1.82) is 0 Å². The largest absolute Gasteiger partial charge is 0.371 e. The average molecular weight is 601 g/mol. The molecule has 3 unspecified atom stereocenters. The molecule has 0 bridgehead atoms. The molecule has 2 nitrogen and oxygen atoms in total. The number of carbonyl (C=O) groups excluding carboxylic acids is 1. The Morgan fingerprint density at radius 3 is 1.49 bits per heavy atom. The van der Waals surface area contributed by atoms with E-state index in [9.17, 15) is 4.79 Å². The van der Waals surface area contributed by atoms with Crippen LogP contribution in [0.15, 0.2) is 34.9 Å². The average Bonchev–Trinajstić information content (AvgIpc) is 2.93. The van der Waals surface area contributed by atoms with Gasteiger partial charge in [-0.05, 0) is 123 Å². The van der Waals surface area contributed by atoms with E-state index in [4.69, 9.17) is 4.74 Å². The Morgan fingerprint density at radius 2 is 1.00 bits per heavy atom. The minimum absolute atomic E-state index is 0.229. The molecule has 0 aliphatic carbocycles. The number of ketones is 1. The summed E-state index contributed by atoms with van der Waals surface area (Å²) >= 11 is 0. The highest BCUT2D eigenvalue weighted by Gasteiger charge is 2.26. The second kappa shape index (κ2) is 25.1. The molecule has 0 aromatic carbocycles. The van der Waals surface area contributed by atoms with E-state index in [0.29, 0.717) is 12.3 Å². The Kier molecular flexibility index (Phi) is 24.4. The molecular formula is C41H76O2. The molecule has 0 aliphatic rings. The van der Waals surface area contributed by atoms with Crippen LogP contribution < -0.4 is 0 Å². The van der Waals surface area contributed by atoms with Gasteiger partial charge in [0.1, 0.15) is 5.60 Å². The molecule has 0 aromatic rings. The molecule has 43 heavy (non-hydrogen) atoms. The fourth-order valence-corrected chi connectivity index (χ4v) is 5.92. The summed E-state index contributed by atoms with van der Waals surface area (Å²) in [6.07, 6.45) is 29.9. The fourth-order valence-electron chi connectivity index (χ4n) is 5.92. The second-order valence-corrected chi connectivity index (χ2v) is 15.3. The van der Waals surface area contributed by atoms with Crippen molar-refractivity contribution in [2.45, 2.75) is 190 Å². The maximum atomic E-state index is 12.3. The van der Waals surface area contributed by atoms with Crippen molar-refractivity contribution in [2.24, 2.45) is 23.7 Å². The Labute approximate surface area is 271 Å².